The van der Waals surface area contributed by atoms with Gasteiger partial charge in [-0.1, -0.05) is 42.6 Å². The van der Waals surface area contributed by atoms with Crippen LogP contribution in [0.25, 0.3) is 11.3 Å². The monoisotopic (exact) mass is 629 g/mol. The van der Waals surface area contributed by atoms with Crippen LogP contribution in [0.4, 0.5) is 18.9 Å². The largest absolute Gasteiger partial charge is 0.464 e. The smallest absolute Gasteiger partial charge is 0.386 e. The van der Waals surface area contributed by atoms with Crippen molar-refractivity contribution in [1.82, 2.24) is 10.2 Å². The molecule has 1 aliphatic carbocycles. The molecule has 236 valence electrons. The van der Waals surface area contributed by atoms with Crippen LogP contribution >= 0.6 is 11.6 Å². The lowest BCUT2D eigenvalue weighted by atomic mass is 9.96. The van der Waals surface area contributed by atoms with Gasteiger partial charge < -0.3 is 20.0 Å². The van der Waals surface area contributed by atoms with E-state index < -0.39 is 6.18 Å². The van der Waals surface area contributed by atoms with Crippen molar-refractivity contribution < 1.29 is 22.4 Å². The minimum Gasteiger partial charge on any atom is -0.464 e. The molecule has 0 radical (unpaired) electrons. The first-order chi connectivity index (χ1) is 20.9. The Morgan fingerprint density at radius 1 is 1.11 bits per heavy atom. The zero-order chi connectivity index (χ0) is 31.7. The fourth-order valence-corrected chi connectivity index (χ4v) is 5.38. The highest BCUT2D eigenvalue weighted by Gasteiger charge is 2.21. The van der Waals surface area contributed by atoms with E-state index >= 15 is 0 Å². The maximum atomic E-state index is 12.7. The number of hydrogen-bond acceptors (Lipinski definition) is 4. The molecule has 2 heterocycles. The van der Waals surface area contributed by atoms with Crippen LogP contribution in [0.15, 0.2) is 75.3 Å². The predicted molar refractivity (Wildman–Crippen MR) is 171 cm³/mol. The van der Waals surface area contributed by atoms with Gasteiger partial charge >= 0.3 is 6.18 Å². The van der Waals surface area contributed by atoms with Crippen LogP contribution in [-0.4, -0.2) is 55.5 Å². The minimum absolute atomic E-state index is 0.105. The molecule has 1 fully saturated rings. The van der Waals surface area contributed by atoms with Crippen molar-refractivity contribution in [3.63, 3.8) is 0 Å². The third-order valence-corrected chi connectivity index (χ3v) is 7.81. The Kier molecular flexibility index (Phi) is 11.5. The number of anilines is 1. The van der Waals surface area contributed by atoms with E-state index in [1.54, 1.807) is 6.07 Å². The molecule has 1 amide bonds. The topological polar surface area (TPSA) is 82.2 Å². The van der Waals surface area contributed by atoms with E-state index in [9.17, 15) is 18.0 Å². The Bertz CT molecular complexity index is 1440. The Balaban J connectivity index is 0.000000818. The number of amidine groups is 1. The first kappa shape index (κ1) is 33.1. The van der Waals surface area contributed by atoms with Crippen LogP contribution in [0, 0.1) is 5.92 Å². The summed E-state index contributed by atoms with van der Waals surface area (Å²) in [7, 11) is 4.06. The van der Waals surface area contributed by atoms with Gasteiger partial charge in [-0.3, -0.25) is 4.79 Å². The van der Waals surface area contributed by atoms with E-state index in [-0.39, 0.29) is 18.9 Å². The van der Waals surface area contributed by atoms with Crippen LogP contribution in [0.3, 0.4) is 0 Å². The van der Waals surface area contributed by atoms with Crippen LogP contribution in [-0.2, 0) is 6.42 Å². The van der Waals surface area contributed by atoms with Gasteiger partial charge in [0.15, 0.2) is 0 Å². The summed E-state index contributed by atoms with van der Waals surface area (Å²) in [5.74, 6) is 2.84. The number of amides is 1. The third kappa shape index (κ3) is 10.4. The third-order valence-electron chi connectivity index (χ3n) is 7.55. The predicted octanol–water partition coefficient (Wildman–Crippen LogP) is 8.22. The molecule has 2 aliphatic rings. The van der Waals surface area contributed by atoms with Crippen LogP contribution in [0.5, 0.6) is 0 Å². The van der Waals surface area contributed by atoms with Crippen molar-refractivity contribution >= 4 is 35.0 Å². The molecule has 2 aromatic carbocycles. The van der Waals surface area contributed by atoms with E-state index in [1.807, 2.05) is 44.4 Å². The number of nitrogens with one attached hydrogen (secondary N) is 2. The van der Waals surface area contributed by atoms with E-state index in [1.165, 1.54) is 11.8 Å². The van der Waals surface area contributed by atoms with Gasteiger partial charge in [-0.25, -0.2) is 4.99 Å². The molecule has 2 unspecified atom stereocenters. The maximum absolute atomic E-state index is 12.7. The van der Waals surface area contributed by atoms with Crippen molar-refractivity contribution in [2.24, 2.45) is 15.9 Å². The first-order valence-electron chi connectivity index (χ1n) is 14.8. The molecular weight excluding hydrogens is 591 g/mol. The number of carbonyl (C=O) groups is 1. The highest BCUT2D eigenvalue weighted by molar-refractivity contribution is 6.30. The number of para-hydroxylation sites is 1. The molecule has 1 aliphatic heterocycles. The number of furan rings is 1. The summed E-state index contributed by atoms with van der Waals surface area (Å²) >= 11 is 5.97. The summed E-state index contributed by atoms with van der Waals surface area (Å²) in [4.78, 5) is 24.7. The lowest BCUT2D eigenvalue weighted by molar-refractivity contribution is -0.110. The number of halogens is 4. The maximum Gasteiger partial charge on any atom is 0.386 e. The van der Waals surface area contributed by atoms with Crippen LogP contribution < -0.4 is 10.6 Å². The standard InChI is InChI=1S/C31H36ClN5O2.C2H3F3/c1-37(2)29-19-23-7-3-4-9-27(23)35-31(36-29)34-26-8-5-6-21(10-15-26)16-17-33-30(38)24-18-28(39-20-24)22-11-13-25(32)14-12-22;1-2(3,4)5/h3-4,7,9,11-14,18,20-21,26H,5-6,8,10,15-17,19H2,1-2H3,(H,33,38)(H,34,35);1H3. The zero-order valence-electron chi connectivity index (χ0n) is 25.3. The second-order valence-corrected chi connectivity index (χ2v) is 11.8. The van der Waals surface area contributed by atoms with Gasteiger partial charge in [0.05, 0.1) is 11.6 Å². The second-order valence-electron chi connectivity index (χ2n) is 11.4. The van der Waals surface area contributed by atoms with E-state index in [0.29, 0.717) is 34.8 Å². The van der Waals surface area contributed by atoms with Crippen LogP contribution in [0.2, 0.25) is 5.02 Å². The SMILES string of the molecule is CC(F)(F)F.CN(C)C1=NC(=NC2CCCC(CCNC(=O)c3coc(-c4ccc(Cl)cc4)c3)CC2)Nc2ccccc2C1. The Morgan fingerprint density at radius 3 is 2.57 bits per heavy atom. The number of benzene rings is 2. The van der Waals surface area contributed by atoms with Gasteiger partial charge in [-0.2, -0.15) is 18.2 Å². The van der Waals surface area contributed by atoms with Crippen LogP contribution in [0.1, 0.15) is 61.4 Å². The lowest BCUT2D eigenvalue weighted by Crippen LogP contribution is -2.25. The number of hydrogen-bond donors (Lipinski definition) is 2. The molecule has 3 aromatic rings. The number of guanidine groups is 1. The summed E-state index contributed by atoms with van der Waals surface area (Å²) < 4.78 is 36.7. The molecule has 0 spiro atoms. The van der Waals surface area contributed by atoms with E-state index in [0.717, 1.165) is 62.0 Å². The average Bonchev–Trinajstić information content (AvgIpc) is 3.25. The molecule has 1 aromatic heterocycles. The molecule has 2 N–H and O–H groups in total. The molecule has 1 saturated carbocycles. The van der Waals surface area contributed by atoms with Crippen molar-refractivity contribution in [3.8, 4) is 11.3 Å². The average molecular weight is 630 g/mol. The molecule has 5 rings (SSSR count). The summed E-state index contributed by atoms with van der Waals surface area (Å²) in [6.07, 6.45) is 4.75. The van der Waals surface area contributed by atoms with Gasteiger partial charge in [0.2, 0.25) is 5.96 Å². The summed E-state index contributed by atoms with van der Waals surface area (Å²) in [5.41, 5.74) is 3.74. The number of alkyl halides is 3. The molecule has 2 atom stereocenters. The molecule has 0 bridgehead atoms. The summed E-state index contributed by atoms with van der Waals surface area (Å²) in [6.45, 7) is 0.839. The van der Waals surface area contributed by atoms with Gasteiger partial charge in [0.1, 0.15) is 17.9 Å². The second kappa shape index (κ2) is 15.3. The van der Waals surface area contributed by atoms with Gasteiger partial charge in [-0.15, -0.1) is 0 Å². The highest BCUT2D eigenvalue weighted by Crippen LogP contribution is 2.28. The summed E-state index contributed by atoms with van der Waals surface area (Å²) in [6, 6.07) is 17.8. The van der Waals surface area contributed by atoms with Gasteiger partial charge in [-0.05, 0) is 73.6 Å². The molecule has 7 nitrogen and oxygen atoms in total. The molecule has 44 heavy (non-hydrogen) atoms. The molecular formula is C33H39ClF3N5O2. The molecule has 0 saturated heterocycles. The molecule has 11 heteroatoms. The van der Waals surface area contributed by atoms with Gasteiger partial charge in [0, 0.05) is 50.3 Å². The fourth-order valence-electron chi connectivity index (χ4n) is 5.26. The minimum atomic E-state index is -4.00. The Morgan fingerprint density at radius 2 is 1.84 bits per heavy atom. The van der Waals surface area contributed by atoms with E-state index in [2.05, 4.69) is 33.7 Å². The lowest BCUT2D eigenvalue weighted by Gasteiger charge is -2.15. The quantitative estimate of drug-likeness (QED) is 0.269. The number of rotatable bonds is 6. The first-order valence-corrected chi connectivity index (χ1v) is 15.2. The number of fused-ring (bicyclic) bond motifs is 1. The zero-order valence-corrected chi connectivity index (χ0v) is 26.0. The Hall–Kier alpha value is -3.79. The highest BCUT2D eigenvalue weighted by atomic mass is 35.5. The van der Waals surface area contributed by atoms with Crippen molar-refractivity contribution in [2.75, 3.05) is 26.0 Å². The normalized spacial score (nSPS) is 19.3. The summed E-state index contributed by atoms with van der Waals surface area (Å²) in [5, 5.41) is 7.21. The number of likely N-dealkylation sites (N-methyl/N-ethyl adjacent to an activating group) is 1. The Labute approximate surface area is 261 Å². The van der Waals surface area contributed by atoms with Crippen molar-refractivity contribution in [3.05, 3.63) is 77.0 Å². The van der Waals surface area contributed by atoms with Crippen molar-refractivity contribution in [1.29, 1.82) is 0 Å². The van der Waals surface area contributed by atoms with Gasteiger partial charge in [0.25, 0.3) is 5.91 Å². The number of carbonyl (C=O) groups excluding carboxylic acids is 1. The fraction of sp³-hybridized carbons (Fsp3) is 0.424. The number of nitrogens with zero attached hydrogens (tertiary/aromatic N) is 3. The number of aliphatic imine (C=N–C) groups is 2. The van der Waals surface area contributed by atoms with E-state index in [4.69, 9.17) is 26.0 Å². The van der Waals surface area contributed by atoms with Crippen molar-refractivity contribution in [2.45, 2.75) is 64.1 Å².